The molecule has 0 fully saturated rings. The summed E-state index contributed by atoms with van der Waals surface area (Å²) >= 11 is 2.00. The fourth-order valence-electron chi connectivity index (χ4n) is 2.46. The Morgan fingerprint density at radius 3 is 2.95 bits per heavy atom. The third kappa shape index (κ3) is 1.95. The highest BCUT2D eigenvalue weighted by Crippen LogP contribution is 2.38. The largest absolute Gasteiger partial charge is 0.278 e. The van der Waals surface area contributed by atoms with E-state index >= 15 is 0 Å². The lowest BCUT2D eigenvalue weighted by Crippen LogP contribution is -2.13. The lowest BCUT2D eigenvalue weighted by Gasteiger charge is -2.11. The Kier molecular flexibility index (Phi) is 2.78. The van der Waals surface area contributed by atoms with Crippen molar-refractivity contribution < 1.29 is 4.39 Å². The van der Waals surface area contributed by atoms with Crippen LogP contribution >= 0.6 is 22.6 Å². The second-order valence-corrected chi connectivity index (χ2v) is 5.92. The molecule has 0 aromatic carbocycles. The normalized spacial score (nSPS) is 16.0. The number of fused-ring (bicyclic) bond motifs is 3. The molecule has 2 aliphatic heterocycles. The van der Waals surface area contributed by atoms with Crippen LogP contribution in [0.1, 0.15) is 11.1 Å². The standard InChI is InChI=1S/C14H9FIN5/c1-21-6-7(3-19-21)10-2-8-11(5-17-10)20-14-12(8)13(16)9(15)4-18-14/h2-4,6H,5H2,1H3. The summed E-state index contributed by atoms with van der Waals surface area (Å²) in [5.74, 6) is 0.252. The summed E-state index contributed by atoms with van der Waals surface area (Å²) in [6.45, 7) is 0.476. The summed E-state index contributed by atoms with van der Waals surface area (Å²) in [4.78, 5) is 13.0. The molecule has 0 N–H and O–H groups in total. The van der Waals surface area contributed by atoms with Crippen molar-refractivity contribution in [1.82, 2.24) is 14.8 Å². The van der Waals surface area contributed by atoms with Crippen LogP contribution in [0.5, 0.6) is 0 Å². The van der Waals surface area contributed by atoms with E-state index < -0.39 is 0 Å². The molecule has 0 saturated carbocycles. The first-order chi connectivity index (χ1) is 10.1. The molecular formula is C14H9FIN5. The van der Waals surface area contributed by atoms with Gasteiger partial charge in [-0.05, 0) is 28.7 Å². The minimum Gasteiger partial charge on any atom is -0.278 e. The van der Waals surface area contributed by atoms with Gasteiger partial charge in [-0.1, -0.05) is 0 Å². The zero-order valence-electron chi connectivity index (χ0n) is 11.0. The maximum absolute atomic E-state index is 13.8. The van der Waals surface area contributed by atoms with Gasteiger partial charge < -0.3 is 0 Å². The Bertz CT molecular complexity index is 862. The summed E-state index contributed by atoms with van der Waals surface area (Å²) in [7, 11) is 1.86. The molecule has 7 heteroatoms. The molecule has 0 aliphatic carbocycles. The molecule has 0 spiro atoms. The van der Waals surface area contributed by atoms with Crippen molar-refractivity contribution >= 4 is 45.4 Å². The maximum Gasteiger partial charge on any atom is 0.161 e. The summed E-state index contributed by atoms with van der Waals surface area (Å²) in [6.07, 6.45) is 6.82. The van der Waals surface area contributed by atoms with Gasteiger partial charge in [-0.15, -0.1) is 0 Å². The number of halogens is 2. The molecule has 0 bridgehead atoms. The number of hydrogen-bond donors (Lipinski definition) is 0. The van der Waals surface area contributed by atoms with Crippen LogP contribution in [0.25, 0.3) is 5.57 Å². The van der Waals surface area contributed by atoms with Crippen molar-refractivity contribution in [3.63, 3.8) is 0 Å². The topological polar surface area (TPSA) is 55.4 Å². The molecule has 0 saturated heterocycles. The van der Waals surface area contributed by atoms with Crippen molar-refractivity contribution in [3.05, 3.63) is 45.2 Å². The smallest absolute Gasteiger partial charge is 0.161 e. The molecule has 5 nitrogen and oxygen atoms in total. The minimum absolute atomic E-state index is 0.322. The first-order valence-electron chi connectivity index (χ1n) is 6.31. The van der Waals surface area contributed by atoms with Gasteiger partial charge in [0.15, 0.2) is 11.6 Å². The van der Waals surface area contributed by atoms with E-state index in [0.29, 0.717) is 15.9 Å². The number of hydrogen-bond acceptors (Lipinski definition) is 4. The van der Waals surface area contributed by atoms with E-state index in [0.717, 1.165) is 28.1 Å². The lowest BCUT2D eigenvalue weighted by atomic mass is 9.99. The summed E-state index contributed by atoms with van der Waals surface area (Å²) in [6, 6.07) is 0. The van der Waals surface area contributed by atoms with E-state index in [1.165, 1.54) is 6.20 Å². The molecule has 0 unspecified atom stereocenters. The van der Waals surface area contributed by atoms with Gasteiger partial charge in [0.1, 0.15) is 0 Å². The number of aromatic nitrogens is 3. The van der Waals surface area contributed by atoms with Gasteiger partial charge in [0.2, 0.25) is 0 Å². The highest BCUT2D eigenvalue weighted by atomic mass is 127. The van der Waals surface area contributed by atoms with Crippen molar-refractivity contribution in [1.29, 1.82) is 0 Å². The maximum atomic E-state index is 13.8. The van der Waals surface area contributed by atoms with Crippen LogP contribution in [0.4, 0.5) is 10.2 Å². The number of dihydropyridines is 1. The molecule has 0 radical (unpaired) electrons. The Morgan fingerprint density at radius 2 is 2.19 bits per heavy atom. The zero-order valence-corrected chi connectivity index (χ0v) is 13.2. The average molecular weight is 393 g/mol. The number of allylic oxidation sites excluding steroid dienone is 1. The SMILES string of the molecule is Cn1cc(C2=NCC3=Nc4ncc(F)c(I)c4C3=C2)cn1. The zero-order chi connectivity index (χ0) is 14.6. The Morgan fingerprint density at radius 1 is 1.33 bits per heavy atom. The predicted octanol–water partition coefficient (Wildman–Crippen LogP) is 2.53. The van der Waals surface area contributed by atoms with Crippen LogP contribution in [0.2, 0.25) is 0 Å². The van der Waals surface area contributed by atoms with Crippen molar-refractivity contribution in [2.75, 3.05) is 6.54 Å². The second kappa shape index (κ2) is 4.55. The van der Waals surface area contributed by atoms with Gasteiger partial charge >= 0.3 is 0 Å². The van der Waals surface area contributed by atoms with Crippen LogP contribution in [0.3, 0.4) is 0 Å². The summed E-state index contributed by atoms with van der Waals surface area (Å²) in [5, 5.41) is 4.16. The lowest BCUT2D eigenvalue weighted by molar-refractivity contribution is 0.613. The van der Waals surface area contributed by atoms with Gasteiger partial charge in [0.25, 0.3) is 0 Å². The summed E-state index contributed by atoms with van der Waals surface area (Å²) < 4.78 is 16.0. The molecule has 0 atom stereocenters. The molecule has 2 aromatic rings. The van der Waals surface area contributed by atoms with Gasteiger partial charge in [-0.3, -0.25) is 9.67 Å². The first-order valence-corrected chi connectivity index (χ1v) is 7.39. The third-order valence-electron chi connectivity index (χ3n) is 3.45. The monoisotopic (exact) mass is 393 g/mol. The van der Waals surface area contributed by atoms with Crippen LogP contribution in [-0.2, 0) is 7.05 Å². The number of aliphatic imine (C=N–C) groups is 2. The van der Waals surface area contributed by atoms with Crippen molar-refractivity contribution in [2.24, 2.45) is 17.0 Å². The van der Waals surface area contributed by atoms with Crippen LogP contribution in [0, 0.1) is 9.39 Å². The van der Waals surface area contributed by atoms with Crippen LogP contribution < -0.4 is 0 Å². The number of aryl methyl sites for hydroxylation is 1. The van der Waals surface area contributed by atoms with Crippen LogP contribution in [0.15, 0.2) is 34.7 Å². The van der Waals surface area contributed by atoms with Crippen molar-refractivity contribution in [3.8, 4) is 0 Å². The number of rotatable bonds is 1. The molecular weight excluding hydrogens is 384 g/mol. The number of nitrogens with zero attached hydrogens (tertiary/aromatic N) is 5. The van der Waals surface area contributed by atoms with E-state index in [2.05, 4.69) is 20.1 Å². The van der Waals surface area contributed by atoms with Gasteiger partial charge in [-0.2, -0.15) is 5.10 Å². The Hall–Kier alpha value is -1.90. The average Bonchev–Trinajstić information content (AvgIpc) is 3.06. The quantitative estimate of drug-likeness (QED) is 0.700. The van der Waals surface area contributed by atoms with E-state index in [1.807, 2.05) is 41.9 Å². The molecule has 4 rings (SSSR count). The van der Waals surface area contributed by atoms with E-state index in [9.17, 15) is 4.39 Å². The third-order valence-corrected chi connectivity index (χ3v) is 4.51. The van der Waals surface area contributed by atoms with Gasteiger partial charge in [0, 0.05) is 29.9 Å². The molecule has 21 heavy (non-hydrogen) atoms. The number of pyridine rings is 1. The Labute approximate surface area is 133 Å². The summed E-state index contributed by atoms with van der Waals surface area (Å²) in [5.41, 5.74) is 4.30. The fourth-order valence-corrected chi connectivity index (χ4v) is 3.13. The highest BCUT2D eigenvalue weighted by molar-refractivity contribution is 14.1. The van der Waals surface area contributed by atoms with Gasteiger partial charge in [0.05, 0.1) is 33.9 Å². The second-order valence-electron chi connectivity index (χ2n) is 4.84. The first kappa shape index (κ1) is 12.8. The van der Waals surface area contributed by atoms with Gasteiger partial charge in [-0.25, -0.2) is 14.4 Å². The van der Waals surface area contributed by atoms with E-state index in [4.69, 9.17) is 0 Å². The molecule has 2 aliphatic rings. The fraction of sp³-hybridized carbons (Fsp3) is 0.143. The minimum atomic E-state index is -0.322. The predicted molar refractivity (Wildman–Crippen MR) is 86.6 cm³/mol. The van der Waals surface area contributed by atoms with E-state index in [-0.39, 0.29) is 5.82 Å². The van der Waals surface area contributed by atoms with Crippen LogP contribution in [-0.4, -0.2) is 32.7 Å². The Balaban J connectivity index is 1.86. The molecule has 2 aromatic heterocycles. The van der Waals surface area contributed by atoms with Crippen molar-refractivity contribution in [2.45, 2.75) is 0 Å². The molecule has 0 amide bonds. The highest BCUT2D eigenvalue weighted by Gasteiger charge is 2.28. The molecule has 4 heterocycles. The van der Waals surface area contributed by atoms with E-state index in [1.54, 1.807) is 10.9 Å². The molecule has 104 valence electrons.